The highest BCUT2D eigenvalue weighted by molar-refractivity contribution is 5.76. The number of carbonyl (C=O) groups is 1. The van der Waals surface area contributed by atoms with E-state index in [0.717, 1.165) is 13.1 Å². The maximum atomic E-state index is 11.5. The third-order valence-electron chi connectivity index (χ3n) is 2.23. The van der Waals surface area contributed by atoms with E-state index in [4.69, 9.17) is 4.74 Å². The number of rotatable bonds is 3. The maximum absolute atomic E-state index is 11.5. The predicted molar refractivity (Wildman–Crippen MR) is 59.7 cm³/mol. The summed E-state index contributed by atoms with van der Waals surface area (Å²) in [5, 5.41) is 6.13. The Hall–Kier alpha value is -0.610. The van der Waals surface area contributed by atoms with Crippen molar-refractivity contribution in [2.75, 3.05) is 26.2 Å². The van der Waals surface area contributed by atoms with Gasteiger partial charge in [0.15, 0.2) is 0 Å². The molecule has 1 atom stereocenters. The summed E-state index contributed by atoms with van der Waals surface area (Å²) >= 11 is 0. The van der Waals surface area contributed by atoms with Crippen LogP contribution in [0.3, 0.4) is 0 Å². The van der Waals surface area contributed by atoms with Gasteiger partial charge in [0, 0.05) is 19.6 Å². The number of hydrogen-bond acceptors (Lipinski definition) is 3. The molecule has 0 spiro atoms. The lowest BCUT2D eigenvalue weighted by atomic mass is 9.97. The Morgan fingerprint density at radius 3 is 2.80 bits per heavy atom. The minimum absolute atomic E-state index is 0.0405. The molecular weight excluding hydrogens is 192 g/mol. The number of nitrogens with one attached hydrogen (secondary N) is 2. The summed E-state index contributed by atoms with van der Waals surface area (Å²) in [5.74, 6) is 0.0821. The molecule has 15 heavy (non-hydrogen) atoms. The lowest BCUT2D eigenvalue weighted by molar-refractivity contribution is -0.124. The van der Waals surface area contributed by atoms with Crippen LogP contribution in [0.25, 0.3) is 0 Å². The summed E-state index contributed by atoms with van der Waals surface area (Å²) in [4.78, 5) is 11.5. The van der Waals surface area contributed by atoms with Crippen molar-refractivity contribution in [1.82, 2.24) is 10.6 Å². The van der Waals surface area contributed by atoms with Crippen LogP contribution in [-0.4, -0.2) is 38.3 Å². The van der Waals surface area contributed by atoms with Crippen LogP contribution in [0.15, 0.2) is 0 Å². The normalized spacial score (nSPS) is 22.5. The van der Waals surface area contributed by atoms with Gasteiger partial charge in [-0.05, 0) is 5.41 Å². The van der Waals surface area contributed by atoms with Crippen molar-refractivity contribution in [3.63, 3.8) is 0 Å². The van der Waals surface area contributed by atoms with Gasteiger partial charge in [-0.15, -0.1) is 0 Å². The van der Waals surface area contributed by atoms with Crippen LogP contribution in [0.1, 0.15) is 27.2 Å². The number of hydrogen-bond donors (Lipinski definition) is 2. The fourth-order valence-corrected chi connectivity index (χ4v) is 1.39. The van der Waals surface area contributed by atoms with Crippen LogP contribution < -0.4 is 10.6 Å². The highest BCUT2D eigenvalue weighted by atomic mass is 16.5. The van der Waals surface area contributed by atoms with Crippen molar-refractivity contribution < 1.29 is 9.53 Å². The van der Waals surface area contributed by atoms with Crippen LogP contribution in [0, 0.1) is 5.41 Å². The van der Waals surface area contributed by atoms with Crippen LogP contribution in [0.5, 0.6) is 0 Å². The average molecular weight is 214 g/mol. The van der Waals surface area contributed by atoms with E-state index in [1.165, 1.54) is 0 Å². The summed E-state index contributed by atoms with van der Waals surface area (Å²) in [6.45, 7) is 9.40. The van der Waals surface area contributed by atoms with E-state index in [1.807, 2.05) is 0 Å². The lowest BCUT2D eigenvalue weighted by Crippen LogP contribution is -2.42. The SMILES string of the molecule is CC(C)(C)CNC(=O)CC1CNCCO1. The summed E-state index contributed by atoms with van der Waals surface area (Å²) in [6, 6.07) is 0. The van der Waals surface area contributed by atoms with Crippen LogP contribution >= 0.6 is 0 Å². The first-order chi connectivity index (χ1) is 6.97. The van der Waals surface area contributed by atoms with E-state index in [2.05, 4.69) is 31.4 Å². The van der Waals surface area contributed by atoms with E-state index < -0.39 is 0 Å². The Labute approximate surface area is 91.8 Å². The zero-order valence-electron chi connectivity index (χ0n) is 9.93. The van der Waals surface area contributed by atoms with E-state index in [1.54, 1.807) is 0 Å². The first-order valence-corrected chi connectivity index (χ1v) is 5.56. The largest absolute Gasteiger partial charge is 0.375 e. The van der Waals surface area contributed by atoms with E-state index >= 15 is 0 Å². The first-order valence-electron chi connectivity index (χ1n) is 5.56. The molecule has 1 aliphatic rings. The Morgan fingerprint density at radius 2 is 2.27 bits per heavy atom. The fraction of sp³-hybridized carbons (Fsp3) is 0.909. The standard InChI is InChI=1S/C11H22N2O2/c1-11(2,3)8-13-10(14)6-9-7-12-4-5-15-9/h9,12H,4-8H2,1-3H3,(H,13,14). The second-order valence-corrected chi connectivity index (χ2v) is 5.24. The molecular formula is C11H22N2O2. The molecule has 1 heterocycles. The van der Waals surface area contributed by atoms with Gasteiger partial charge in [0.05, 0.1) is 19.1 Å². The molecule has 88 valence electrons. The second kappa shape index (κ2) is 5.47. The monoisotopic (exact) mass is 214 g/mol. The van der Waals surface area contributed by atoms with Crippen molar-refractivity contribution in [2.45, 2.75) is 33.3 Å². The lowest BCUT2D eigenvalue weighted by Gasteiger charge is -2.24. The summed E-state index contributed by atoms with van der Waals surface area (Å²) in [6.07, 6.45) is 0.502. The van der Waals surface area contributed by atoms with Crippen molar-refractivity contribution >= 4 is 5.91 Å². The maximum Gasteiger partial charge on any atom is 0.222 e. The van der Waals surface area contributed by atoms with Gasteiger partial charge < -0.3 is 15.4 Å². The highest BCUT2D eigenvalue weighted by Gasteiger charge is 2.18. The Bertz CT molecular complexity index is 205. The van der Waals surface area contributed by atoms with E-state index in [-0.39, 0.29) is 17.4 Å². The summed E-state index contributed by atoms with van der Waals surface area (Å²) in [5.41, 5.74) is 0.140. The Balaban J connectivity index is 2.17. The molecule has 1 saturated heterocycles. The van der Waals surface area contributed by atoms with Gasteiger partial charge in [-0.1, -0.05) is 20.8 Å². The molecule has 0 aromatic heterocycles. The van der Waals surface area contributed by atoms with Crippen molar-refractivity contribution in [2.24, 2.45) is 5.41 Å². The quantitative estimate of drug-likeness (QED) is 0.720. The molecule has 1 rings (SSSR count). The molecule has 0 radical (unpaired) electrons. The molecule has 2 N–H and O–H groups in total. The van der Waals surface area contributed by atoms with Gasteiger partial charge >= 0.3 is 0 Å². The number of carbonyl (C=O) groups excluding carboxylic acids is 1. The van der Waals surface area contributed by atoms with Gasteiger partial charge in [-0.3, -0.25) is 4.79 Å². The third kappa shape index (κ3) is 5.74. The van der Waals surface area contributed by atoms with Gasteiger partial charge in [0.25, 0.3) is 0 Å². The fourth-order valence-electron chi connectivity index (χ4n) is 1.39. The summed E-state index contributed by atoms with van der Waals surface area (Å²) < 4.78 is 5.46. The van der Waals surface area contributed by atoms with E-state index in [0.29, 0.717) is 19.6 Å². The smallest absolute Gasteiger partial charge is 0.222 e. The van der Waals surface area contributed by atoms with Crippen LogP contribution in [0.2, 0.25) is 0 Å². The first kappa shape index (κ1) is 12.5. The van der Waals surface area contributed by atoms with Gasteiger partial charge in [0.1, 0.15) is 0 Å². The minimum Gasteiger partial charge on any atom is -0.375 e. The molecule has 0 aliphatic carbocycles. The average Bonchev–Trinajstić information content (AvgIpc) is 2.15. The molecule has 4 heteroatoms. The molecule has 0 aromatic carbocycles. The van der Waals surface area contributed by atoms with Gasteiger partial charge in [-0.2, -0.15) is 0 Å². The number of morpholine rings is 1. The van der Waals surface area contributed by atoms with Crippen LogP contribution in [-0.2, 0) is 9.53 Å². The molecule has 0 bridgehead atoms. The number of ether oxygens (including phenoxy) is 1. The van der Waals surface area contributed by atoms with Crippen molar-refractivity contribution in [3.8, 4) is 0 Å². The van der Waals surface area contributed by atoms with Crippen LogP contribution in [0.4, 0.5) is 0 Å². The predicted octanol–water partition coefficient (Wildman–Crippen LogP) is 0.527. The molecule has 1 aliphatic heterocycles. The third-order valence-corrected chi connectivity index (χ3v) is 2.23. The molecule has 4 nitrogen and oxygen atoms in total. The number of amides is 1. The van der Waals surface area contributed by atoms with Crippen molar-refractivity contribution in [3.05, 3.63) is 0 Å². The zero-order chi connectivity index (χ0) is 11.3. The topological polar surface area (TPSA) is 50.4 Å². The minimum atomic E-state index is 0.0405. The van der Waals surface area contributed by atoms with E-state index in [9.17, 15) is 4.79 Å². The molecule has 1 fully saturated rings. The molecule has 1 amide bonds. The second-order valence-electron chi connectivity index (χ2n) is 5.24. The van der Waals surface area contributed by atoms with Gasteiger partial charge in [-0.25, -0.2) is 0 Å². The highest BCUT2D eigenvalue weighted by Crippen LogP contribution is 2.10. The zero-order valence-corrected chi connectivity index (χ0v) is 9.93. The Morgan fingerprint density at radius 1 is 1.53 bits per heavy atom. The van der Waals surface area contributed by atoms with Gasteiger partial charge in [0.2, 0.25) is 5.91 Å². The Kier molecular flexibility index (Phi) is 4.54. The molecule has 0 saturated carbocycles. The molecule has 0 aromatic rings. The summed E-state index contributed by atoms with van der Waals surface area (Å²) in [7, 11) is 0. The van der Waals surface area contributed by atoms with Crippen molar-refractivity contribution in [1.29, 1.82) is 0 Å². The molecule has 1 unspecified atom stereocenters.